The van der Waals surface area contributed by atoms with E-state index >= 15 is 0 Å². The zero-order chi connectivity index (χ0) is 4.69. The monoisotopic (exact) mass is 114 g/mol. The maximum absolute atomic E-state index is 1.56. The molecule has 2 aliphatic carbocycles. The van der Waals surface area contributed by atoms with Gasteiger partial charge < -0.3 is 0 Å². The van der Waals surface area contributed by atoms with Crippen LogP contribution in [-0.4, -0.2) is 11.3 Å². The predicted octanol–water partition coefficient (Wildman–Crippen LogP) is 1.99. The van der Waals surface area contributed by atoms with E-state index in [1.165, 1.54) is 19.9 Å². The van der Waals surface area contributed by atoms with Crippen LogP contribution in [0.3, 0.4) is 0 Å². The molecule has 0 atom stereocenters. The van der Waals surface area contributed by atoms with Gasteiger partial charge in [-0.3, -0.25) is 0 Å². The van der Waals surface area contributed by atoms with E-state index in [1.807, 2.05) is 0 Å². The van der Waals surface area contributed by atoms with E-state index in [0.717, 1.165) is 0 Å². The molecule has 0 N–H and O–H groups in total. The van der Waals surface area contributed by atoms with Crippen molar-refractivity contribution in [3.63, 3.8) is 0 Å². The van der Waals surface area contributed by atoms with Crippen molar-refractivity contribution >= 4 is 8.58 Å². The van der Waals surface area contributed by atoms with Crippen molar-refractivity contribution in [2.75, 3.05) is 0 Å². The standard InChI is InChI=1S/C6H11P/c1-2-5(1)7-6-3-4-6/h5-7H,1-4H2. The summed E-state index contributed by atoms with van der Waals surface area (Å²) < 4.78 is 0. The molecule has 2 saturated carbocycles. The summed E-state index contributed by atoms with van der Waals surface area (Å²) in [6.07, 6.45) is 6.26. The van der Waals surface area contributed by atoms with Gasteiger partial charge in [0.05, 0.1) is 0 Å². The van der Waals surface area contributed by atoms with Crippen molar-refractivity contribution in [2.45, 2.75) is 37.0 Å². The average molecular weight is 114 g/mol. The zero-order valence-corrected chi connectivity index (χ0v) is 5.48. The second kappa shape index (κ2) is 1.45. The second-order valence-corrected chi connectivity index (χ2v) is 4.68. The molecule has 7 heavy (non-hydrogen) atoms. The Bertz CT molecular complexity index is 62.2. The van der Waals surface area contributed by atoms with Gasteiger partial charge in [0, 0.05) is 0 Å². The molecule has 0 saturated heterocycles. The molecule has 0 heterocycles. The fourth-order valence-corrected chi connectivity index (χ4v) is 2.50. The van der Waals surface area contributed by atoms with Gasteiger partial charge in [0.1, 0.15) is 0 Å². The first-order chi connectivity index (χ1) is 3.45. The first-order valence-corrected chi connectivity index (χ1v) is 4.37. The van der Waals surface area contributed by atoms with Crippen molar-refractivity contribution in [1.82, 2.24) is 0 Å². The summed E-state index contributed by atoms with van der Waals surface area (Å²) in [6, 6.07) is 0. The Morgan fingerprint density at radius 3 is 1.57 bits per heavy atom. The minimum atomic E-state index is 1.22. The quantitative estimate of drug-likeness (QED) is 0.481. The van der Waals surface area contributed by atoms with Crippen molar-refractivity contribution < 1.29 is 0 Å². The van der Waals surface area contributed by atoms with Crippen LogP contribution in [0.4, 0.5) is 0 Å². The van der Waals surface area contributed by atoms with Gasteiger partial charge in [0.2, 0.25) is 0 Å². The molecule has 0 aromatic heterocycles. The molecule has 0 aromatic carbocycles. The summed E-state index contributed by atoms with van der Waals surface area (Å²) in [5, 5.41) is 0. The van der Waals surface area contributed by atoms with Gasteiger partial charge in [0.15, 0.2) is 0 Å². The van der Waals surface area contributed by atoms with Crippen LogP contribution in [0, 0.1) is 0 Å². The lowest BCUT2D eigenvalue weighted by Crippen LogP contribution is -1.69. The van der Waals surface area contributed by atoms with Crippen LogP contribution in [0.1, 0.15) is 25.7 Å². The van der Waals surface area contributed by atoms with Gasteiger partial charge in [0.25, 0.3) is 0 Å². The summed E-state index contributed by atoms with van der Waals surface area (Å²) in [6.45, 7) is 0. The Morgan fingerprint density at radius 1 is 0.857 bits per heavy atom. The molecule has 2 aliphatic rings. The van der Waals surface area contributed by atoms with E-state index in [-0.39, 0.29) is 0 Å². The lowest BCUT2D eigenvalue weighted by Gasteiger charge is -1.87. The van der Waals surface area contributed by atoms with Gasteiger partial charge in [-0.2, -0.15) is 0 Å². The van der Waals surface area contributed by atoms with Crippen LogP contribution in [0.15, 0.2) is 0 Å². The highest BCUT2D eigenvalue weighted by molar-refractivity contribution is 7.40. The third-order valence-electron chi connectivity index (χ3n) is 1.63. The first-order valence-electron chi connectivity index (χ1n) is 3.21. The molecular weight excluding hydrogens is 103 g/mol. The largest absolute Gasteiger partial charge is 0.116 e. The molecule has 2 fully saturated rings. The molecule has 0 unspecified atom stereocenters. The third-order valence-corrected chi connectivity index (χ3v) is 3.72. The lowest BCUT2D eigenvalue weighted by molar-refractivity contribution is 1.41. The van der Waals surface area contributed by atoms with E-state index in [9.17, 15) is 0 Å². The smallest absolute Gasteiger partial charge is 0.0234 e. The molecular formula is C6H11P. The molecule has 0 nitrogen and oxygen atoms in total. The second-order valence-electron chi connectivity index (χ2n) is 2.72. The van der Waals surface area contributed by atoms with Gasteiger partial charge in [-0.05, 0) is 37.0 Å². The van der Waals surface area contributed by atoms with Crippen LogP contribution >= 0.6 is 8.58 Å². The van der Waals surface area contributed by atoms with Gasteiger partial charge in [-0.25, -0.2) is 0 Å². The number of hydrogen-bond acceptors (Lipinski definition) is 0. The zero-order valence-electron chi connectivity index (χ0n) is 4.48. The summed E-state index contributed by atoms with van der Waals surface area (Å²) in [7, 11) is 1.37. The Balaban J connectivity index is 1.69. The van der Waals surface area contributed by atoms with Crippen LogP contribution < -0.4 is 0 Å². The maximum Gasteiger partial charge on any atom is -0.0234 e. The minimum Gasteiger partial charge on any atom is -0.116 e. The predicted molar refractivity (Wildman–Crippen MR) is 34.4 cm³/mol. The molecule has 40 valence electrons. The molecule has 0 amide bonds. The summed E-state index contributed by atoms with van der Waals surface area (Å²) in [4.78, 5) is 0. The molecule has 1 heteroatoms. The molecule has 0 aromatic rings. The third kappa shape index (κ3) is 1.16. The van der Waals surface area contributed by atoms with E-state index in [1.54, 1.807) is 25.7 Å². The molecule has 0 bridgehead atoms. The molecule has 0 spiro atoms. The summed E-state index contributed by atoms with van der Waals surface area (Å²) in [5.41, 5.74) is 2.43. The van der Waals surface area contributed by atoms with Gasteiger partial charge in [-0.1, -0.05) is 0 Å². The Labute approximate surface area is 46.5 Å². The SMILES string of the molecule is C1CC1PC1CC1. The fraction of sp³-hybridized carbons (Fsp3) is 1.00. The molecule has 2 rings (SSSR count). The van der Waals surface area contributed by atoms with Crippen LogP contribution in [0.2, 0.25) is 0 Å². The van der Waals surface area contributed by atoms with E-state index in [4.69, 9.17) is 0 Å². The van der Waals surface area contributed by atoms with E-state index in [2.05, 4.69) is 0 Å². The van der Waals surface area contributed by atoms with Crippen molar-refractivity contribution in [1.29, 1.82) is 0 Å². The molecule has 0 radical (unpaired) electrons. The summed E-state index contributed by atoms with van der Waals surface area (Å²) in [5.74, 6) is 0. The number of hydrogen-bond donors (Lipinski definition) is 0. The van der Waals surface area contributed by atoms with Crippen molar-refractivity contribution in [3.05, 3.63) is 0 Å². The highest BCUT2D eigenvalue weighted by Gasteiger charge is 2.30. The maximum atomic E-state index is 1.56. The lowest BCUT2D eigenvalue weighted by atomic mass is 10.9. The molecule has 0 aliphatic heterocycles. The first kappa shape index (κ1) is 4.32. The van der Waals surface area contributed by atoms with Gasteiger partial charge >= 0.3 is 0 Å². The van der Waals surface area contributed by atoms with E-state index in [0.29, 0.717) is 0 Å². The normalized spacial score (nSPS) is 30.9. The minimum absolute atomic E-state index is 1.22. The summed E-state index contributed by atoms with van der Waals surface area (Å²) >= 11 is 0. The Hall–Kier alpha value is 0.430. The number of rotatable bonds is 2. The van der Waals surface area contributed by atoms with Crippen LogP contribution in [-0.2, 0) is 0 Å². The average Bonchev–Trinajstić information content (AvgIpc) is 2.33. The van der Waals surface area contributed by atoms with Gasteiger partial charge in [-0.15, -0.1) is 8.58 Å². The van der Waals surface area contributed by atoms with Crippen molar-refractivity contribution in [2.24, 2.45) is 0 Å². The highest BCUT2D eigenvalue weighted by atomic mass is 31.1. The fourth-order valence-electron chi connectivity index (χ4n) is 0.833. The van der Waals surface area contributed by atoms with Crippen molar-refractivity contribution in [3.8, 4) is 0 Å². The van der Waals surface area contributed by atoms with Crippen LogP contribution in [0.25, 0.3) is 0 Å². The Morgan fingerprint density at radius 2 is 1.29 bits per heavy atom. The topological polar surface area (TPSA) is 0 Å². The Kier molecular flexibility index (Phi) is 0.896. The van der Waals surface area contributed by atoms with E-state index < -0.39 is 0 Å². The highest BCUT2D eigenvalue weighted by Crippen LogP contribution is 2.50. The van der Waals surface area contributed by atoms with Crippen LogP contribution in [0.5, 0.6) is 0 Å².